The molecule has 0 aromatic heterocycles. The monoisotopic (exact) mass is 334 g/mol. The molecule has 0 radical (unpaired) electrons. The molecular formula is C19H27FN2O2. The summed E-state index contributed by atoms with van der Waals surface area (Å²) in [4.78, 5) is 26.6. The van der Waals surface area contributed by atoms with Crippen LogP contribution < -0.4 is 5.32 Å². The number of rotatable bonds is 7. The summed E-state index contributed by atoms with van der Waals surface area (Å²) >= 11 is 0. The molecule has 4 nitrogen and oxygen atoms in total. The fraction of sp³-hybridized carbons (Fsp3) is 0.579. The van der Waals surface area contributed by atoms with Crippen molar-refractivity contribution in [2.75, 3.05) is 0 Å². The van der Waals surface area contributed by atoms with Gasteiger partial charge in [-0.2, -0.15) is 0 Å². The first kappa shape index (κ1) is 18.4. The Hall–Kier alpha value is -1.91. The molecular weight excluding hydrogens is 307 g/mol. The van der Waals surface area contributed by atoms with Gasteiger partial charge >= 0.3 is 0 Å². The van der Waals surface area contributed by atoms with Crippen LogP contribution in [0.3, 0.4) is 0 Å². The van der Waals surface area contributed by atoms with Gasteiger partial charge in [0.1, 0.15) is 11.9 Å². The van der Waals surface area contributed by atoms with E-state index in [1.165, 1.54) is 12.1 Å². The summed E-state index contributed by atoms with van der Waals surface area (Å²) in [7, 11) is 0. The van der Waals surface area contributed by atoms with Crippen molar-refractivity contribution in [3.8, 4) is 0 Å². The van der Waals surface area contributed by atoms with Crippen LogP contribution in [0.25, 0.3) is 0 Å². The molecule has 0 heterocycles. The van der Waals surface area contributed by atoms with Crippen LogP contribution in [0.15, 0.2) is 24.3 Å². The number of hydrogen-bond donors (Lipinski definition) is 1. The molecule has 1 N–H and O–H groups in total. The highest BCUT2D eigenvalue weighted by molar-refractivity contribution is 5.87. The average molecular weight is 334 g/mol. The molecule has 2 amide bonds. The number of carbonyl (C=O) groups excluding carboxylic acids is 2. The molecule has 0 spiro atoms. The van der Waals surface area contributed by atoms with E-state index in [0.717, 1.165) is 37.7 Å². The Morgan fingerprint density at radius 2 is 1.88 bits per heavy atom. The van der Waals surface area contributed by atoms with Crippen molar-refractivity contribution in [3.63, 3.8) is 0 Å². The van der Waals surface area contributed by atoms with E-state index < -0.39 is 6.04 Å². The zero-order valence-electron chi connectivity index (χ0n) is 14.6. The van der Waals surface area contributed by atoms with Crippen LogP contribution in [0.1, 0.15) is 57.9 Å². The van der Waals surface area contributed by atoms with Crippen molar-refractivity contribution < 1.29 is 14.0 Å². The quantitative estimate of drug-likeness (QED) is 0.831. The van der Waals surface area contributed by atoms with Gasteiger partial charge in [-0.25, -0.2) is 4.39 Å². The van der Waals surface area contributed by atoms with Gasteiger partial charge in [0.15, 0.2) is 0 Å². The molecule has 1 aromatic rings. The number of benzene rings is 1. The van der Waals surface area contributed by atoms with Crippen molar-refractivity contribution in [2.24, 2.45) is 0 Å². The second-order valence-corrected chi connectivity index (χ2v) is 6.56. The van der Waals surface area contributed by atoms with E-state index in [0.29, 0.717) is 13.0 Å². The third kappa shape index (κ3) is 5.05. The molecule has 0 saturated heterocycles. The fourth-order valence-electron chi connectivity index (χ4n) is 3.12. The predicted molar refractivity (Wildman–Crippen MR) is 91.7 cm³/mol. The van der Waals surface area contributed by atoms with Crippen LogP contribution in [0.2, 0.25) is 0 Å². The summed E-state index contributed by atoms with van der Waals surface area (Å²) < 4.78 is 13.1. The molecule has 2 rings (SSSR count). The van der Waals surface area contributed by atoms with Crippen LogP contribution in [0.4, 0.5) is 4.39 Å². The molecule has 1 aromatic carbocycles. The van der Waals surface area contributed by atoms with E-state index >= 15 is 0 Å². The Morgan fingerprint density at radius 1 is 1.25 bits per heavy atom. The van der Waals surface area contributed by atoms with Crippen LogP contribution in [-0.4, -0.2) is 28.8 Å². The highest BCUT2D eigenvalue weighted by Gasteiger charge is 2.27. The minimum Gasteiger partial charge on any atom is -0.352 e. The molecule has 0 aliphatic heterocycles. The third-order valence-electron chi connectivity index (χ3n) is 4.60. The molecule has 1 aliphatic carbocycles. The lowest BCUT2D eigenvalue weighted by molar-refractivity contribution is -0.140. The average Bonchev–Trinajstić information content (AvgIpc) is 3.06. The van der Waals surface area contributed by atoms with Gasteiger partial charge < -0.3 is 10.2 Å². The molecule has 1 fully saturated rings. The van der Waals surface area contributed by atoms with Crippen molar-refractivity contribution in [2.45, 2.75) is 71.0 Å². The first-order chi connectivity index (χ1) is 11.5. The maximum absolute atomic E-state index is 13.1. The second-order valence-electron chi connectivity index (χ2n) is 6.56. The molecule has 5 heteroatoms. The van der Waals surface area contributed by atoms with Gasteiger partial charge in [-0.15, -0.1) is 0 Å². The standard InChI is InChI=1S/C19H27FN2O2/c1-3-6-18(23)22(13-15-9-11-16(20)12-10-15)14(2)19(24)21-17-7-4-5-8-17/h9-12,14,17H,3-8,13H2,1-2H3,(H,21,24). The van der Waals surface area contributed by atoms with Crippen molar-refractivity contribution in [3.05, 3.63) is 35.6 Å². The molecule has 24 heavy (non-hydrogen) atoms. The number of amides is 2. The highest BCUT2D eigenvalue weighted by atomic mass is 19.1. The van der Waals surface area contributed by atoms with Gasteiger partial charge in [0, 0.05) is 19.0 Å². The van der Waals surface area contributed by atoms with E-state index in [1.54, 1.807) is 24.0 Å². The van der Waals surface area contributed by atoms with Gasteiger partial charge in [0.25, 0.3) is 0 Å². The van der Waals surface area contributed by atoms with Gasteiger partial charge in [0.2, 0.25) is 11.8 Å². The summed E-state index contributed by atoms with van der Waals surface area (Å²) in [6.45, 7) is 4.02. The van der Waals surface area contributed by atoms with Crippen LogP contribution in [-0.2, 0) is 16.1 Å². The van der Waals surface area contributed by atoms with E-state index in [4.69, 9.17) is 0 Å². The van der Waals surface area contributed by atoms with E-state index in [9.17, 15) is 14.0 Å². The van der Waals surface area contributed by atoms with Crippen molar-refractivity contribution in [1.82, 2.24) is 10.2 Å². The summed E-state index contributed by atoms with van der Waals surface area (Å²) in [5.74, 6) is -0.457. The molecule has 132 valence electrons. The zero-order chi connectivity index (χ0) is 17.5. The maximum Gasteiger partial charge on any atom is 0.242 e. The topological polar surface area (TPSA) is 49.4 Å². The maximum atomic E-state index is 13.1. The summed E-state index contributed by atoms with van der Waals surface area (Å²) in [5.41, 5.74) is 0.821. The predicted octanol–water partition coefficient (Wildman–Crippen LogP) is 3.40. The smallest absolute Gasteiger partial charge is 0.242 e. The largest absolute Gasteiger partial charge is 0.352 e. The van der Waals surface area contributed by atoms with Crippen LogP contribution >= 0.6 is 0 Å². The Balaban J connectivity index is 2.06. The zero-order valence-corrected chi connectivity index (χ0v) is 14.6. The second kappa shape index (κ2) is 8.81. The molecule has 1 aliphatic rings. The SMILES string of the molecule is CCCC(=O)N(Cc1ccc(F)cc1)C(C)C(=O)NC1CCCC1. The Kier molecular flexibility index (Phi) is 6.76. The first-order valence-electron chi connectivity index (χ1n) is 8.85. The number of nitrogens with zero attached hydrogens (tertiary/aromatic N) is 1. The molecule has 1 saturated carbocycles. The summed E-state index contributed by atoms with van der Waals surface area (Å²) in [6, 6.07) is 5.76. The minimum absolute atomic E-state index is 0.0455. The van der Waals surface area contributed by atoms with Crippen LogP contribution in [0.5, 0.6) is 0 Å². The number of hydrogen-bond acceptors (Lipinski definition) is 2. The fourth-order valence-corrected chi connectivity index (χ4v) is 3.12. The Labute approximate surface area is 143 Å². The van der Waals surface area contributed by atoms with Gasteiger partial charge in [-0.3, -0.25) is 9.59 Å². The van der Waals surface area contributed by atoms with Gasteiger partial charge in [0.05, 0.1) is 0 Å². The Morgan fingerprint density at radius 3 is 2.46 bits per heavy atom. The van der Waals surface area contributed by atoms with Gasteiger partial charge in [-0.1, -0.05) is 31.9 Å². The molecule has 0 bridgehead atoms. The van der Waals surface area contributed by atoms with Crippen LogP contribution in [0, 0.1) is 5.82 Å². The van der Waals surface area contributed by atoms with E-state index in [2.05, 4.69) is 5.32 Å². The highest BCUT2D eigenvalue weighted by Crippen LogP contribution is 2.19. The lowest BCUT2D eigenvalue weighted by Gasteiger charge is -2.29. The van der Waals surface area contributed by atoms with Crippen molar-refractivity contribution >= 4 is 11.8 Å². The summed E-state index contributed by atoms with van der Waals surface area (Å²) in [5, 5.41) is 3.06. The molecule has 1 unspecified atom stereocenters. The molecule has 1 atom stereocenters. The van der Waals surface area contributed by atoms with Crippen molar-refractivity contribution in [1.29, 1.82) is 0 Å². The normalized spacial score (nSPS) is 16.0. The number of nitrogens with one attached hydrogen (secondary N) is 1. The lowest BCUT2D eigenvalue weighted by atomic mass is 10.1. The number of halogens is 1. The lowest BCUT2D eigenvalue weighted by Crippen LogP contribution is -2.49. The Bertz CT molecular complexity index is 553. The third-order valence-corrected chi connectivity index (χ3v) is 4.60. The minimum atomic E-state index is -0.533. The van der Waals surface area contributed by atoms with Gasteiger partial charge in [-0.05, 0) is 43.9 Å². The van der Waals surface area contributed by atoms with E-state index in [1.807, 2.05) is 6.92 Å². The first-order valence-corrected chi connectivity index (χ1v) is 8.85. The van der Waals surface area contributed by atoms with E-state index in [-0.39, 0.29) is 23.7 Å². The summed E-state index contributed by atoms with van der Waals surface area (Å²) in [6.07, 6.45) is 5.46. The number of carbonyl (C=O) groups is 2.